The largest absolute Gasteiger partial charge is 0.370 e. The molecule has 1 aromatic heterocycles. The summed E-state index contributed by atoms with van der Waals surface area (Å²) in [7, 11) is 0. The highest BCUT2D eigenvalue weighted by Gasteiger charge is 2.45. The lowest BCUT2D eigenvalue weighted by Crippen LogP contribution is -2.64. The maximum Gasteiger partial charge on any atom is 0.244 e. The number of hydrogen-bond donors (Lipinski definition) is 1. The van der Waals surface area contributed by atoms with Gasteiger partial charge in [-0.3, -0.25) is 9.69 Å². The van der Waals surface area contributed by atoms with Gasteiger partial charge in [-0.05, 0) is 36.3 Å². The number of amides is 1. The molecule has 2 atom stereocenters. The van der Waals surface area contributed by atoms with E-state index in [1.807, 2.05) is 23.6 Å². The molecule has 3 rings (SSSR count). The molecule has 1 saturated carbocycles. The molecule has 2 fully saturated rings. The molecule has 2 heterocycles. The molecule has 0 bridgehead atoms. The predicted molar refractivity (Wildman–Crippen MR) is 104 cm³/mol. The summed E-state index contributed by atoms with van der Waals surface area (Å²) in [5, 5.41) is 5.26. The van der Waals surface area contributed by atoms with Crippen LogP contribution in [0.3, 0.4) is 0 Å². The minimum Gasteiger partial charge on any atom is -0.370 e. The summed E-state index contributed by atoms with van der Waals surface area (Å²) >= 11 is 1.64. The average molecular weight is 363 g/mol. The van der Waals surface area contributed by atoms with Crippen molar-refractivity contribution in [2.24, 2.45) is 5.92 Å². The molecule has 0 aromatic carbocycles. The third-order valence-corrected chi connectivity index (χ3v) is 5.99. The quantitative estimate of drug-likeness (QED) is 0.815. The smallest absolute Gasteiger partial charge is 0.244 e. The monoisotopic (exact) mass is 362 g/mol. The van der Waals surface area contributed by atoms with Crippen LogP contribution in [-0.4, -0.2) is 48.7 Å². The van der Waals surface area contributed by atoms with E-state index in [4.69, 9.17) is 4.74 Å². The Balaban J connectivity index is 1.64. The predicted octanol–water partition coefficient (Wildman–Crippen LogP) is 3.55. The van der Waals surface area contributed by atoms with Crippen molar-refractivity contribution in [3.8, 4) is 0 Å². The minimum absolute atomic E-state index is 0.00995. The number of carbonyl (C=O) groups excluding carboxylic acids is 1. The number of ether oxygens (including phenoxy) is 1. The molecule has 1 spiro atoms. The highest BCUT2D eigenvalue weighted by Crippen LogP contribution is 2.35. The van der Waals surface area contributed by atoms with Crippen LogP contribution in [0.5, 0.6) is 0 Å². The Hall–Kier alpha value is -1.17. The summed E-state index contributed by atoms with van der Waals surface area (Å²) in [6.45, 7) is 8.33. The zero-order valence-corrected chi connectivity index (χ0v) is 16.2. The fourth-order valence-corrected chi connectivity index (χ4v) is 4.71. The van der Waals surface area contributed by atoms with Crippen LogP contribution in [-0.2, 0) is 9.53 Å². The molecule has 4 nitrogen and oxygen atoms in total. The summed E-state index contributed by atoms with van der Waals surface area (Å²) in [5.41, 5.74) is -0.210. The normalized spacial score (nSPS) is 28.0. The Bertz CT molecular complexity index is 581. The zero-order valence-electron chi connectivity index (χ0n) is 15.4. The number of rotatable bonds is 5. The number of carbonyl (C=O) groups is 1. The van der Waals surface area contributed by atoms with Crippen molar-refractivity contribution >= 4 is 23.3 Å². The van der Waals surface area contributed by atoms with Crippen LogP contribution in [0.1, 0.15) is 44.4 Å². The van der Waals surface area contributed by atoms with Crippen molar-refractivity contribution in [2.75, 3.05) is 26.2 Å². The second-order valence-electron chi connectivity index (χ2n) is 7.70. The van der Waals surface area contributed by atoms with Gasteiger partial charge in [0.05, 0.1) is 12.6 Å². The van der Waals surface area contributed by atoms with Gasteiger partial charge in [0, 0.05) is 30.6 Å². The summed E-state index contributed by atoms with van der Waals surface area (Å²) in [5.74, 6) is 0.643. The first kappa shape index (κ1) is 18.6. The fourth-order valence-electron chi connectivity index (χ4n) is 4.09. The average Bonchev–Trinajstić information content (AvgIpc) is 3.08. The first-order valence-corrected chi connectivity index (χ1v) is 10.3. The lowest BCUT2D eigenvalue weighted by atomic mass is 9.78. The molecule has 1 saturated heterocycles. The SMILES string of the molecule is CC(C)CN1CCOC2(CCCCC2NC(=O)/C=C/c2cccs2)C1. The molecule has 0 radical (unpaired) electrons. The van der Waals surface area contributed by atoms with Gasteiger partial charge in [0.15, 0.2) is 0 Å². The standard InChI is InChI=1S/C20H30N2O2S/c1-16(2)14-22-11-12-24-20(15-22)10-4-3-7-18(20)21-19(23)9-8-17-6-5-13-25-17/h5-6,8-9,13,16,18H,3-4,7,10-12,14-15H2,1-2H3,(H,21,23)/b9-8+. The number of nitrogens with one attached hydrogen (secondary N) is 1. The van der Waals surface area contributed by atoms with Crippen LogP contribution >= 0.6 is 11.3 Å². The van der Waals surface area contributed by atoms with Crippen molar-refractivity contribution in [3.05, 3.63) is 28.5 Å². The topological polar surface area (TPSA) is 41.6 Å². The fraction of sp³-hybridized carbons (Fsp3) is 0.650. The second kappa shape index (κ2) is 8.47. The molecular formula is C20H30N2O2S. The van der Waals surface area contributed by atoms with Gasteiger partial charge in [0.1, 0.15) is 5.60 Å². The Kier molecular flexibility index (Phi) is 6.31. The Morgan fingerprint density at radius 2 is 2.40 bits per heavy atom. The molecule has 1 aromatic rings. The maximum absolute atomic E-state index is 12.4. The van der Waals surface area contributed by atoms with E-state index in [0.717, 1.165) is 50.4 Å². The zero-order chi connectivity index (χ0) is 17.7. The van der Waals surface area contributed by atoms with Crippen molar-refractivity contribution in [2.45, 2.75) is 51.2 Å². The van der Waals surface area contributed by atoms with Gasteiger partial charge in [0.2, 0.25) is 5.91 Å². The van der Waals surface area contributed by atoms with Crippen LogP contribution in [0, 0.1) is 5.92 Å². The van der Waals surface area contributed by atoms with Crippen LogP contribution in [0.25, 0.3) is 6.08 Å². The van der Waals surface area contributed by atoms with Gasteiger partial charge < -0.3 is 10.1 Å². The molecule has 1 aliphatic heterocycles. The van der Waals surface area contributed by atoms with Gasteiger partial charge in [-0.2, -0.15) is 0 Å². The summed E-state index contributed by atoms with van der Waals surface area (Å²) in [6.07, 6.45) is 7.95. The molecule has 2 aliphatic rings. The van der Waals surface area contributed by atoms with Crippen LogP contribution < -0.4 is 5.32 Å². The van der Waals surface area contributed by atoms with Crippen LogP contribution in [0.2, 0.25) is 0 Å². The number of hydrogen-bond acceptors (Lipinski definition) is 4. The molecular weight excluding hydrogens is 332 g/mol. The molecule has 1 N–H and O–H groups in total. The molecule has 1 aliphatic carbocycles. The van der Waals surface area contributed by atoms with E-state index in [1.165, 1.54) is 6.42 Å². The highest BCUT2D eigenvalue weighted by molar-refractivity contribution is 7.10. The number of thiophene rings is 1. The van der Waals surface area contributed by atoms with E-state index in [9.17, 15) is 4.79 Å². The molecule has 2 unspecified atom stereocenters. The summed E-state index contributed by atoms with van der Waals surface area (Å²) in [4.78, 5) is 16.0. The van der Waals surface area contributed by atoms with Gasteiger partial charge in [0.25, 0.3) is 0 Å². The van der Waals surface area contributed by atoms with Crippen molar-refractivity contribution in [1.82, 2.24) is 10.2 Å². The van der Waals surface area contributed by atoms with Crippen molar-refractivity contribution < 1.29 is 9.53 Å². The van der Waals surface area contributed by atoms with E-state index < -0.39 is 0 Å². The third-order valence-electron chi connectivity index (χ3n) is 5.15. The van der Waals surface area contributed by atoms with Gasteiger partial charge >= 0.3 is 0 Å². The van der Waals surface area contributed by atoms with Gasteiger partial charge in [-0.1, -0.05) is 32.8 Å². The summed E-state index contributed by atoms with van der Waals surface area (Å²) in [6, 6.07) is 4.12. The molecule has 1 amide bonds. The Labute approximate surface area is 155 Å². The van der Waals surface area contributed by atoms with E-state index in [2.05, 4.69) is 24.1 Å². The van der Waals surface area contributed by atoms with Gasteiger partial charge in [-0.15, -0.1) is 11.3 Å². The molecule has 5 heteroatoms. The summed E-state index contributed by atoms with van der Waals surface area (Å²) < 4.78 is 6.30. The van der Waals surface area contributed by atoms with Crippen molar-refractivity contribution in [1.29, 1.82) is 0 Å². The van der Waals surface area contributed by atoms with E-state index >= 15 is 0 Å². The first-order chi connectivity index (χ1) is 12.1. The first-order valence-electron chi connectivity index (χ1n) is 9.46. The van der Waals surface area contributed by atoms with Gasteiger partial charge in [-0.25, -0.2) is 0 Å². The number of morpholine rings is 1. The minimum atomic E-state index is -0.210. The molecule has 25 heavy (non-hydrogen) atoms. The highest BCUT2D eigenvalue weighted by atomic mass is 32.1. The van der Waals surface area contributed by atoms with Crippen molar-refractivity contribution in [3.63, 3.8) is 0 Å². The van der Waals surface area contributed by atoms with E-state index in [0.29, 0.717) is 5.92 Å². The number of nitrogens with zero attached hydrogens (tertiary/aromatic N) is 1. The van der Waals surface area contributed by atoms with E-state index in [1.54, 1.807) is 17.4 Å². The second-order valence-corrected chi connectivity index (χ2v) is 8.68. The van der Waals surface area contributed by atoms with Crippen LogP contribution in [0.15, 0.2) is 23.6 Å². The maximum atomic E-state index is 12.4. The molecule has 138 valence electrons. The Morgan fingerprint density at radius 3 is 3.16 bits per heavy atom. The lowest BCUT2D eigenvalue weighted by Gasteiger charge is -2.50. The third kappa shape index (κ3) is 4.93. The van der Waals surface area contributed by atoms with E-state index in [-0.39, 0.29) is 17.6 Å². The van der Waals surface area contributed by atoms with Crippen LogP contribution in [0.4, 0.5) is 0 Å². The Morgan fingerprint density at radius 1 is 1.52 bits per heavy atom. The lowest BCUT2D eigenvalue weighted by molar-refractivity contribution is -0.149.